The van der Waals surface area contributed by atoms with Gasteiger partial charge in [-0.15, -0.1) is 0 Å². The summed E-state index contributed by atoms with van der Waals surface area (Å²) in [5, 5.41) is 10.5. The molecule has 0 aliphatic rings. The summed E-state index contributed by atoms with van der Waals surface area (Å²) in [5.41, 5.74) is 2.98. The molecule has 4 rings (SSSR count). The minimum Gasteiger partial charge on any atom is -0.497 e. The Bertz CT molecular complexity index is 1140. The van der Waals surface area contributed by atoms with E-state index >= 15 is 0 Å². The van der Waals surface area contributed by atoms with Crippen LogP contribution in [-0.2, 0) is 9.53 Å². The number of H-pyrrole nitrogens is 1. The summed E-state index contributed by atoms with van der Waals surface area (Å²) in [5.74, 6) is 1.01. The van der Waals surface area contributed by atoms with E-state index in [1.807, 2.05) is 53.4 Å². The van der Waals surface area contributed by atoms with Crippen LogP contribution in [0.1, 0.15) is 0 Å². The number of fused-ring (bicyclic) bond motifs is 1. The van der Waals surface area contributed by atoms with Crippen molar-refractivity contribution in [2.75, 3.05) is 31.0 Å². The van der Waals surface area contributed by atoms with Gasteiger partial charge in [-0.25, -0.2) is 4.98 Å². The average Bonchev–Trinajstić information content (AvgIpc) is 3.24. The van der Waals surface area contributed by atoms with Gasteiger partial charge in [-0.3, -0.25) is 14.8 Å². The fourth-order valence-corrected chi connectivity index (χ4v) is 2.97. The van der Waals surface area contributed by atoms with Gasteiger partial charge in [-0.05, 0) is 48.5 Å². The van der Waals surface area contributed by atoms with E-state index in [9.17, 15) is 4.79 Å². The summed E-state index contributed by atoms with van der Waals surface area (Å²) in [6.45, 7) is -0.00222. The Morgan fingerprint density at radius 3 is 2.40 bits per heavy atom. The Labute approximate surface area is 172 Å². The number of rotatable bonds is 7. The number of nitrogens with zero attached hydrogens (tertiary/aromatic N) is 4. The number of aromatic nitrogens is 4. The van der Waals surface area contributed by atoms with Gasteiger partial charge < -0.3 is 14.8 Å². The summed E-state index contributed by atoms with van der Waals surface area (Å²) in [4.78, 5) is 22.8. The fraction of sp³-hybridized carbons (Fsp3) is 0.143. The first-order valence-electron chi connectivity index (χ1n) is 9.17. The summed E-state index contributed by atoms with van der Waals surface area (Å²) in [7, 11) is 3.10. The first-order valence-corrected chi connectivity index (χ1v) is 9.17. The topological polar surface area (TPSA) is 105 Å². The molecule has 0 aliphatic heterocycles. The summed E-state index contributed by atoms with van der Waals surface area (Å²) < 4.78 is 10.1. The number of aromatic amines is 1. The maximum absolute atomic E-state index is 11.7. The van der Waals surface area contributed by atoms with Gasteiger partial charge in [0.15, 0.2) is 5.65 Å². The third-order valence-electron chi connectivity index (χ3n) is 4.39. The van der Waals surface area contributed by atoms with Crippen LogP contribution in [0.15, 0.2) is 60.9 Å². The molecule has 1 amide bonds. The highest BCUT2D eigenvalue weighted by atomic mass is 16.5. The first-order chi connectivity index (χ1) is 14.7. The second-order valence-corrected chi connectivity index (χ2v) is 6.41. The third kappa shape index (κ3) is 4.06. The molecular formula is C21H20N6O3. The van der Waals surface area contributed by atoms with E-state index in [1.54, 1.807) is 19.5 Å². The summed E-state index contributed by atoms with van der Waals surface area (Å²) >= 11 is 0. The van der Waals surface area contributed by atoms with Gasteiger partial charge in [0, 0.05) is 30.4 Å². The predicted molar refractivity (Wildman–Crippen MR) is 113 cm³/mol. The molecule has 0 saturated heterocycles. The van der Waals surface area contributed by atoms with Gasteiger partial charge >= 0.3 is 0 Å². The van der Waals surface area contributed by atoms with Crippen LogP contribution in [-0.4, -0.2) is 46.9 Å². The lowest BCUT2D eigenvalue weighted by molar-refractivity contribution is -0.119. The zero-order valence-electron chi connectivity index (χ0n) is 16.5. The van der Waals surface area contributed by atoms with Crippen molar-refractivity contribution >= 4 is 40.0 Å². The highest BCUT2D eigenvalue weighted by molar-refractivity contribution is 5.92. The smallest absolute Gasteiger partial charge is 0.250 e. The molecule has 30 heavy (non-hydrogen) atoms. The molecule has 9 heteroatoms. The van der Waals surface area contributed by atoms with Gasteiger partial charge in [0.05, 0.1) is 18.7 Å². The number of hydrogen-bond donors (Lipinski definition) is 2. The minimum atomic E-state index is -0.217. The molecule has 2 heterocycles. The Morgan fingerprint density at radius 2 is 1.73 bits per heavy atom. The number of nitrogens with one attached hydrogen (secondary N) is 2. The van der Waals surface area contributed by atoms with Gasteiger partial charge in [0.25, 0.3) is 0 Å². The Hall–Kier alpha value is -3.98. The summed E-state index contributed by atoms with van der Waals surface area (Å²) in [6.07, 6.45) is 3.39. The number of hydrogen-bond acceptors (Lipinski definition) is 7. The van der Waals surface area contributed by atoms with Crippen LogP contribution in [0.3, 0.4) is 0 Å². The van der Waals surface area contributed by atoms with Crippen LogP contribution in [0.4, 0.5) is 23.0 Å². The number of benzene rings is 2. The lowest BCUT2D eigenvalue weighted by Crippen LogP contribution is -2.17. The van der Waals surface area contributed by atoms with Crippen molar-refractivity contribution < 1.29 is 14.3 Å². The SMILES string of the molecule is COCC(=O)Nc1ccc(N(c2ccc(OC)cc2)c2ncc3cn[nH]c3n2)cc1. The van der Waals surface area contributed by atoms with Gasteiger partial charge in [-0.2, -0.15) is 10.1 Å². The highest BCUT2D eigenvalue weighted by Crippen LogP contribution is 2.34. The van der Waals surface area contributed by atoms with E-state index in [2.05, 4.69) is 25.5 Å². The van der Waals surface area contributed by atoms with Gasteiger partial charge in [0.2, 0.25) is 11.9 Å². The molecule has 2 N–H and O–H groups in total. The van der Waals surface area contributed by atoms with E-state index < -0.39 is 0 Å². The van der Waals surface area contributed by atoms with Crippen molar-refractivity contribution in [2.45, 2.75) is 0 Å². The van der Waals surface area contributed by atoms with Crippen LogP contribution in [0.2, 0.25) is 0 Å². The van der Waals surface area contributed by atoms with E-state index in [0.717, 1.165) is 22.5 Å². The zero-order chi connectivity index (χ0) is 20.9. The van der Waals surface area contributed by atoms with Crippen LogP contribution in [0, 0.1) is 0 Å². The molecule has 0 saturated carbocycles. The molecule has 0 aliphatic carbocycles. The van der Waals surface area contributed by atoms with Crippen LogP contribution in [0.25, 0.3) is 11.0 Å². The van der Waals surface area contributed by atoms with E-state index in [-0.39, 0.29) is 12.5 Å². The van der Waals surface area contributed by atoms with Crippen molar-refractivity contribution in [2.24, 2.45) is 0 Å². The minimum absolute atomic E-state index is 0.00222. The van der Waals surface area contributed by atoms with Crippen LogP contribution < -0.4 is 15.0 Å². The number of carbonyl (C=O) groups excluding carboxylic acids is 1. The number of anilines is 4. The number of amides is 1. The fourth-order valence-electron chi connectivity index (χ4n) is 2.97. The lowest BCUT2D eigenvalue weighted by atomic mass is 10.2. The highest BCUT2D eigenvalue weighted by Gasteiger charge is 2.16. The second-order valence-electron chi connectivity index (χ2n) is 6.41. The van der Waals surface area contributed by atoms with Crippen molar-refractivity contribution in [3.8, 4) is 5.75 Å². The van der Waals surface area contributed by atoms with Crippen molar-refractivity contribution in [1.29, 1.82) is 0 Å². The first kappa shape index (κ1) is 19.3. The normalized spacial score (nSPS) is 10.7. The van der Waals surface area contributed by atoms with Crippen LogP contribution >= 0.6 is 0 Å². The zero-order valence-corrected chi connectivity index (χ0v) is 16.5. The average molecular weight is 404 g/mol. The molecule has 0 radical (unpaired) electrons. The second kappa shape index (κ2) is 8.58. The molecule has 2 aromatic carbocycles. The maximum atomic E-state index is 11.7. The molecule has 0 atom stereocenters. The molecular weight excluding hydrogens is 384 g/mol. The van der Waals surface area contributed by atoms with Crippen LogP contribution in [0.5, 0.6) is 5.75 Å². The van der Waals surface area contributed by atoms with E-state index in [1.165, 1.54) is 7.11 Å². The quantitative estimate of drug-likeness (QED) is 0.486. The Morgan fingerprint density at radius 1 is 1.03 bits per heavy atom. The largest absolute Gasteiger partial charge is 0.497 e. The molecule has 4 aromatic rings. The summed E-state index contributed by atoms with van der Waals surface area (Å²) in [6, 6.07) is 15.0. The molecule has 0 bridgehead atoms. The number of ether oxygens (including phenoxy) is 2. The van der Waals surface area contributed by atoms with Crippen molar-refractivity contribution in [3.63, 3.8) is 0 Å². The monoisotopic (exact) mass is 404 g/mol. The lowest BCUT2D eigenvalue weighted by Gasteiger charge is -2.23. The van der Waals surface area contributed by atoms with Crippen molar-refractivity contribution in [3.05, 3.63) is 60.9 Å². The molecule has 0 fully saturated rings. The Kier molecular flexibility index (Phi) is 5.53. The Balaban J connectivity index is 1.71. The molecule has 9 nitrogen and oxygen atoms in total. The van der Waals surface area contributed by atoms with Gasteiger partial charge in [-0.1, -0.05) is 0 Å². The molecule has 2 aromatic heterocycles. The van der Waals surface area contributed by atoms with Crippen molar-refractivity contribution in [1.82, 2.24) is 20.2 Å². The predicted octanol–water partition coefficient (Wildman–Crippen LogP) is 3.42. The third-order valence-corrected chi connectivity index (χ3v) is 4.39. The van der Waals surface area contributed by atoms with E-state index in [4.69, 9.17) is 9.47 Å². The molecule has 0 spiro atoms. The standard InChI is InChI=1S/C21H20N6O3/c1-29-13-19(28)24-15-3-5-16(6-4-15)27(17-7-9-18(30-2)10-8-17)21-22-11-14-12-23-26-20(14)25-21/h3-12H,13H2,1-2H3,(H,24,28)(H,22,23,25,26). The molecule has 0 unspecified atom stereocenters. The van der Waals surface area contributed by atoms with E-state index in [0.29, 0.717) is 17.3 Å². The molecule has 152 valence electrons. The number of methoxy groups -OCH3 is 2. The maximum Gasteiger partial charge on any atom is 0.250 e. The number of carbonyl (C=O) groups is 1. The van der Waals surface area contributed by atoms with Gasteiger partial charge in [0.1, 0.15) is 12.4 Å².